The maximum atomic E-state index is 12.3. The summed E-state index contributed by atoms with van der Waals surface area (Å²) in [6, 6.07) is 7.42. The number of nitrogen functional groups attached to an aromatic ring is 3. The van der Waals surface area contributed by atoms with Gasteiger partial charge in [-0.05, 0) is 53.9 Å². The normalized spacial score (nSPS) is 14.0. The summed E-state index contributed by atoms with van der Waals surface area (Å²) in [5.41, 5.74) is 13.7. The molecule has 0 atom stereocenters. The van der Waals surface area contributed by atoms with Crippen LogP contribution < -0.4 is 17.2 Å². The molecule has 248 valence electrons. The second kappa shape index (κ2) is 11.9. The molecule has 0 amide bonds. The van der Waals surface area contributed by atoms with Crippen molar-refractivity contribution in [2.24, 2.45) is 20.5 Å². The van der Waals surface area contributed by atoms with Gasteiger partial charge in [0.25, 0.3) is 20.2 Å². The Labute approximate surface area is 261 Å². The maximum absolute atomic E-state index is 12.3. The molecule has 4 aromatic rings. The molecule has 0 saturated carbocycles. The molecule has 0 aliphatic rings. The quantitative estimate of drug-likeness (QED) is 0.0582. The first-order valence-electron chi connectivity index (χ1n) is 11.7. The van der Waals surface area contributed by atoms with E-state index in [0.717, 1.165) is 30.3 Å². The van der Waals surface area contributed by atoms with Crippen molar-refractivity contribution in [1.82, 2.24) is 0 Å². The molecule has 0 heterocycles. The van der Waals surface area contributed by atoms with Crippen LogP contribution in [0.4, 0.5) is 39.8 Å². The van der Waals surface area contributed by atoms with Gasteiger partial charge in [0.2, 0.25) is 0 Å². The predicted molar refractivity (Wildman–Crippen MR) is 167 cm³/mol. The fourth-order valence-corrected chi connectivity index (χ4v) is 6.59. The van der Waals surface area contributed by atoms with Gasteiger partial charge in [-0.15, -0.1) is 20.5 Å². The molecule has 0 radical (unpaired) electrons. The van der Waals surface area contributed by atoms with Crippen LogP contribution in [0, 0.1) is 0 Å². The Morgan fingerprint density at radius 2 is 0.957 bits per heavy atom. The molecule has 0 aliphatic carbocycles. The summed E-state index contributed by atoms with van der Waals surface area (Å²) in [5.74, 6) is -1.12. The van der Waals surface area contributed by atoms with Crippen LogP contribution in [0.5, 0.6) is 5.75 Å². The molecule has 4 rings (SSSR count). The zero-order chi connectivity index (χ0) is 34.6. The number of phenolic OH excluding ortho intramolecular Hbond substituents is 1. The summed E-state index contributed by atoms with van der Waals surface area (Å²) in [4.78, 5) is -3.45. The zero-order valence-corrected chi connectivity index (χ0v) is 25.7. The van der Waals surface area contributed by atoms with Gasteiger partial charge in [0.1, 0.15) is 54.3 Å². The van der Waals surface area contributed by atoms with Gasteiger partial charge in [-0.25, -0.2) is 0 Å². The Morgan fingerprint density at radius 1 is 0.522 bits per heavy atom. The number of nitrogens with two attached hydrogens (primary N) is 3. The smallest absolute Gasteiger partial charge is 0.296 e. The topological polar surface area (TPSA) is 378 Å². The summed E-state index contributed by atoms with van der Waals surface area (Å²) in [5, 5.41) is 24.7. The van der Waals surface area contributed by atoms with Crippen LogP contribution in [0.15, 0.2) is 88.6 Å². The minimum absolute atomic E-state index is 0.0108. The van der Waals surface area contributed by atoms with Gasteiger partial charge < -0.3 is 49.6 Å². The third kappa shape index (κ3) is 7.12. The SMILES string of the molecule is Nc1ccc(S(O)(O)O)c(N=Nc2c(S(=O)(=O)O)cc3cc(S(O)(O)O)c(N=Nc4cc(N)ccc4S(=O)(=O)O)c(O)c3c2N)c1. The van der Waals surface area contributed by atoms with Gasteiger partial charge in [-0.3, -0.25) is 9.11 Å². The lowest BCUT2D eigenvalue weighted by Crippen LogP contribution is -2.03. The van der Waals surface area contributed by atoms with E-state index in [9.17, 15) is 58.4 Å². The lowest BCUT2D eigenvalue weighted by atomic mass is 10.1. The van der Waals surface area contributed by atoms with E-state index in [4.69, 9.17) is 17.2 Å². The van der Waals surface area contributed by atoms with Crippen molar-refractivity contribution in [3.8, 4) is 5.75 Å². The molecule has 0 fully saturated rings. The molecule has 0 aliphatic heterocycles. The maximum Gasteiger partial charge on any atom is 0.296 e. The van der Waals surface area contributed by atoms with E-state index in [1.54, 1.807) is 0 Å². The van der Waals surface area contributed by atoms with Crippen molar-refractivity contribution in [2.75, 3.05) is 17.2 Å². The van der Waals surface area contributed by atoms with Gasteiger partial charge >= 0.3 is 0 Å². The Morgan fingerprint density at radius 3 is 1.43 bits per heavy atom. The van der Waals surface area contributed by atoms with Crippen molar-refractivity contribution >= 4 is 92.6 Å². The van der Waals surface area contributed by atoms with Gasteiger partial charge in [0.15, 0.2) is 5.75 Å². The van der Waals surface area contributed by atoms with Crippen LogP contribution in [-0.2, 0) is 20.2 Å². The highest BCUT2D eigenvalue weighted by atomic mass is 32.3. The number of hydrogen-bond donors (Lipinski definition) is 12. The molecule has 0 unspecified atom stereocenters. The predicted octanol–water partition coefficient (Wildman–Crippen LogP) is 5.78. The van der Waals surface area contributed by atoms with Crippen LogP contribution >= 0.6 is 21.7 Å². The second-order valence-electron chi connectivity index (χ2n) is 9.15. The van der Waals surface area contributed by atoms with E-state index in [1.807, 2.05) is 0 Å². The fourth-order valence-electron chi connectivity index (χ4n) is 4.00. The lowest BCUT2D eigenvalue weighted by Gasteiger charge is -2.23. The highest BCUT2D eigenvalue weighted by Gasteiger charge is 2.30. The number of aromatic hydroxyl groups is 1. The molecular formula is C22H23N7O13S4. The zero-order valence-electron chi connectivity index (χ0n) is 22.4. The van der Waals surface area contributed by atoms with Crippen molar-refractivity contribution in [3.05, 3.63) is 48.5 Å². The van der Waals surface area contributed by atoms with E-state index in [2.05, 4.69) is 20.5 Å². The van der Waals surface area contributed by atoms with Crippen LogP contribution in [0.2, 0.25) is 0 Å². The number of phenols is 1. The molecule has 4 aromatic carbocycles. The van der Waals surface area contributed by atoms with E-state index >= 15 is 0 Å². The number of rotatable bonds is 8. The monoisotopic (exact) mass is 721 g/mol. The number of anilines is 3. The highest BCUT2D eigenvalue weighted by Crippen LogP contribution is 2.56. The molecule has 0 saturated heterocycles. The van der Waals surface area contributed by atoms with Crippen LogP contribution in [0.1, 0.15) is 0 Å². The van der Waals surface area contributed by atoms with Crippen molar-refractivity contribution < 1.29 is 58.4 Å². The third-order valence-corrected chi connectivity index (χ3v) is 9.55. The van der Waals surface area contributed by atoms with Gasteiger partial charge in [-0.2, -0.15) is 16.8 Å². The molecule has 0 bridgehead atoms. The van der Waals surface area contributed by atoms with Gasteiger partial charge in [0.05, 0.1) is 20.9 Å². The average molecular weight is 722 g/mol. The summed E-state index contributed by atoms with van der Waals surface area (Å²) in [6.07, 6.45) is 0. The number of fused-ring (bicyclic) bond motifs is 1. The molecule has 0 aromatic heterocycles. The summed E-state index contributed by atoms with van der Waals surface area (Å²) < 4.78 is 127. The number of nitrogens with zero attached hydrogens (tertiary/aromatic N) is 4. The van der Waals surface area contributed by atoms with Crippen LogP contribution in [-0.4, -0.2) is 58.4 Å². The van der Waals surface area contributed by atoms with Gasteiger partial charge in [0, 0.05) is 11.4 Å². The van der Waals surface area contributed by atoms with Crippen molar-refractivity contribution in [1.29, 1.82) is 0 Å². The van der Waals surface area contributed by atoms with Crippen LogP contribution in [0.3, 0.4) is 0 Å². The van der Waals surface area contributed by atoms with Gasteiger partial charge in [-0.1, -0.05) is 0 Å². The summed E-state index contributed by atoms with van der Waals surface area (Å²) >= 11 is 0. The third-order valence-electron chi connectivity index (χ3n) is 5.94. The first-order valence-corrected chi connectivity index (χ1v) is 17.6. The van der Waals surface area contributed by atoms with Crippen molar-refractivity contribution in [3.63, 3.8) is 0 Å². The van der Waals surface area contributed by atoms with E-state index in [1.165, 1.54) is 6.07 Å². The molecular weight excluding hydrogens is 699 g/mol. The number of hydrogen-bond acceptors (Lipinski definition) is 18. The number of benzene rings is 4. The lowest BCUT2D eigenvalue weighted by molar-refractivity contribution is 0.373. The van der Waals surface area contributed by atoms with Crippen molar-refractivity contribution in [2.45, 2.75) is 19.6 Å². The molecule has 24 heteroatoms. The standard InChI is InChI=1S/C22H23N7O13S4/c23-10-1-3-14(43(31,32)33)12(7-10)26-28-20-16(45(37,38)39)5-9-6-17(46(40,41)42)21(22(30)18(9)19(20)25)29-27-13-8-11(24)2-4-15(13)44(34,35)36/h1-8,30-33,40-42H,23-25H2,(H,34,35,36)(H,37,38,39). The fraction of sp³-hybridized carbons (Fsp3) is 0. The minimum Gasteiger partial charge on any atom is -0.505 e. The Balaban J connectivity index is 2.06. The Bertz CT molecular complexity index is 2180. The summed E-state index contributed by atoms with van der Waals surface area (Å²) in [6.45, 7) is 0. The highest BCUT2D eigenvalue weighted by molar-refractivity contribution is 8.19. The Kier molecular flexibility index (Phi) is 8.96. The van der Waals surface area contributed by atoms with E-state index in [-0.39, 0.29) is 11.4 Å². The first-order chi connectivity index (χ1) is 21.0. The van der Waals surface area contributed by atoms with E-state index in [0.29, 0.717) is 12.1 Å². The Hall–Kier alpha value is -4.18. The second-order valence-corrected chi connectivity index (χ2v) is 14.9. The van der Waals surface area contributed by atoms with Crippen LogP contribution in [0.25, 0.3) is 10.8 Å². The first kappa shape index (κ1) is 34.7. The average Bonchev–Trinajstić information content (AvgIpc) is 2.89. The molecule has 20 nitrogen and oxygen atoms in total. The van der Waals surface area contributed by atoms with E-state index < -0.39 is 107 Å². The number of azo groups is 2. The molecule has 0 spiro atoms. The largest absolute Gasteiger partial charge is 0.505 e. The minimum atomic E-state index is -5.24. The molecule has 15 N–H and O–H groups in total. The molecule has 46 heavy (non-hydrogen) atoms. The summed E-state index contributed by atoms with van der Waals surface area (Å²) in [7, 11) is -19.4.